The molecule has 1 aromatic heterocycles. The van der Waals surface area contributed by atoms with Crippen LogP contribution >= 0.6 is 0 Å². The van der Waals surface area contributed by atoms with Gasteiger partial charge in [0.2, 0.25) is 0 Å². The van der Waals surface area contributed by atoms with Crippen molar-refractivity contribution in [3.05, 3.63) is 71.2 Å². The molecule has 1 saturated heterocycles. The average Bonchev–Trinajstić information content (AvgIpc) is 3.09. The maximum atomic E-state index is 13.5. The molecule has 2 heterocycles. The molecule has 30 heavy (non-hydrogen) atoms. The van der Waals surface area contributed by atoms with Gasteiger partial charge in [0.1, 0.15) is 17.2 Å². The third-order valence-electron chi connectivity index (χ3n) is 5.73. The Bertz CT molecular complexity index is 1010. The number of aryl methyl sites for hydroxylation is 1. The maximum Gasteiger partial charge on any atom is 0.317 e. The Labute approximate surface area is 175 Å². The molecule has 2 amide bonds. The third-order valence-corrected chi connectivity index (χ3v) is 5.73. The van der Waals surface area contributed by atoms with Crippen LogP contribution in [0.5, 0.6) is 0 Å². The Morgan fingerprint density at radius 3 is 2.70 bits per heavy atom. The fourth-order valence-electron chi connectivity index (χ4n) is 3.98. The molecule has 0 aliphatic carbocycles. The molecular formula is C24H27FN2O3. The van der Waals surface area contributed by atoms with Gasteiger partial charge < -0.3 is 19.4 Å². The van der Waals surface area contributed by atoms with Crippen molar-refractivity contribution in [3.63, 3.8) is 0 Å². The highest BCUT2D eigenvalue weighted by molar-refractivity contribution is 5.82. The predicted octanol–water partition coefficient (Wildman–Crippen LogP) is 5.33. The smallest absolute Gasteiger partial charge is 0.317 e. The third kappa shape index (κ3) is 4.49. The number of rotatable bonds is 5. The van der Waals surface area contributed by atoms with Gasteiger partial charge in [0.15, 0.2) is 0 Å². The number of urea groups is 1. The Morgan fingerprint density at radius 1 is 1.23 bits per heavy atom. The number of nitrogens with zero attached hydrogens (tertiary/aromatic N) is 1. The minimum absolute atomic E-state index is 0.116. The number of hydrogen-bond donors (Lipinski definition) is 1. The number of carbonyl (C=O) groups excluding carboxylic acids is 1. The van der Waals surface area contributed by atoms with Crippen molar-refractivity contribution < 1.29 is 18.3 Å². The van der Waals surface area contributed by atoms with Crippen LogP contribution < -0.4 is 5.32 Å². The molecular weight excluding hydrogens is 383 g/mol. The number of benzene rings is 2. The number of carbonyl (C=O) groups is 1. The molecule has 2 aromatic carbocycles. The maximum absolute atomic E-state index is 13.5. The number of likely N-dealkylation sites (tertiary alicyclic amines) is 1. The Balaban J connectivity index is 1.30. The van der Waals surface area contributed by atoms with E-state index in [1.165, 1.54) is 12.1 Å². The Hall–Kier alpha value is -2.86. The summed E-state index contributed by atoms with van der Waals surface area (Å²) in [6.45, 7) is 5.68. The first-order valence-corrected chi connectivity index (χ1v) is 10.4. The van der Waals surface area contributed by atoms with Crippen LogP contribution in [0.25, 0.3) is 11.0 Å². The van der Waals surface area contributed by atoms with Crippen molar-refractivity contribution >= 4 is 17.0 Å². The van der Waals surface area contributed by atoms with E-state index in [-0.39, 0.29) is 24.0 Å². The van der Waals surface area contributed by atoms with E-state index in [4.69, 9.17) is 9.15 Å². The second-order valence-electron chi connectivity index (χ2n) is 7.89. The molecule has 0 bridgehead atoms. The summed E-state index contributed by atoms with van der Waals surface area (Å²) in [5.74, 6) is 0.358. The topological polar surface area (TPSA) is 54.7 Å². The van der Waals surface area contributed by atoms with Crippen LogP contribution in [0.3, 0.4) is 0 Å². The molecule has 0 saturated carbocycles. The summed E-state index contributed by atoms with van der Waals surface area (Å²) in [6, 6.07) is 14.2. The summed E-state index contributed by atoms with van der Waals surface area (Å²) in [7, 11) is 0. The molecule has 0 spiro atoms. The van der Waals surface area contributed by atoms with Gasteiger partial charge in [0, 0.05) is 24.0 Å². The number of nitrogens with one attached hydrogen (secondary N) is 1. The highest BCUT2D eigenvalue weighted by Crippen LogP contribution is 2.30. The van der Waals surface area contributed by atoms with E-state index in [9.17, 15) is 9.18 Å². The van der Waals surface area contributed by atoms with E-state index in [0.29, 0.717) is 31.0 Å². The Kier molecular flexibility index (Phi) is 6.04. The SMILES string of the molecule is Cc1c(C(C)NC(=O)N2CCC(OCc3ccccc3)CC2)oc2ccc(F)cc12. The van der Waals surface area contributed by atoms with E-state index in [2.05, 4.69) is 17.4 Å². The van der Waals surface area contributed by atoms with Crippen LogP contribution in [0.15, 0.2) is 52.9 Å². The second kappa shape index (κ2) is 8.88. The van der Waals surface area contributed by atoms with Gasteiger partial charge in [0.25, 0.3) is 0 Å². The number of ether oxygens (including phenoxy) is 1. The molecule has 5 nitrogen and oxygen atoms in total. The van der Waals surface area contributed by atoms with Gasteiger partial charge in [-0.05, 0) is 50.5 Å². The van der Waals surface area contributed by atoms with Crippen molar-refractivity contribution in [1.82, 2.24) is 10.2 Å². The van der Waals surface area contributed by atoms with E-state index in [1.807, 2.05) is 36.9 Å². The van der Waals surface area contributed by atoms with Crippen LogP contribution in [-0.4, -0.2) is 30.1 Å². The molecule has 3 aromatic rings. The molecule has 1 atom stereocenters. The monoisotopic (exact) mass is 410 g/mol. The van der Waals surface area contributed by atoms with Crippen LogP contribution in [-0.2, 0) is 11.3 Å². The van der Waals surface area contributed by atoms with Gasteiger partial charge in [-0.2, -0.15) is 0 Å². The largest absolute Gasteiger partial charge is 0.459 e. The second-order valence-corrected chi connectivity index (χ2v) is 7.89. The zero-order chi connectivity index (χ0) is 21.1. The van der Waals surface area contributed by atoms with E-state index >= 15 is 0 Å². The lowest BCUT2D eigenvalue weighted by Gasteiger charge is -2.32. The summed E-state index contributed by atoms with van der Waals surface area (Å²) in [6.07, 6.45) is 1.80. The van der Waals surface area contributed by atoms with Gasteiger partial charge in [-0.15, -0.1) is 0 Å². The van der Waals surface area contributed by atoms with Gasteiger partial charge >= 0.3 is 6.03 Å². The Morgan fingerprint density at radius 2 is 1.97 bits per heavy atom. The molecule has 1 N–H and O–H groups in total. The average molecular weight is 410 g/mol. The molecule has 1 fully saturated rings. The molecule has 1 unspecified atom stereocenters. The lowest BCUT2D eigenvalue weighted by atomic mass is 10.1. The van der Waals surface area contributed by atoms with Crippen LogP contribution in [0.4, 0.5) is 9.18 Å². The van der Waals surface area contributed by atoms with Gasteiger partial charge in [-0.3, -0.25) is 0 Å². The van der Waals surface area contributed by atoms with Crippen molar-refractivity contribution in [3.8, 4) is 0 Å². The first-order chi connectivity index (χ1) is 14.5. The molecule has 4 rings (SSSR count). The quantitative estimate of drug-likeness (QED) is 0.618. The molecule has 158 valence electrons. The van der Waals surface area contributed by atoms with Crippen LogP contribution in [0.1, 0.15) is 42.7 Å². The highest BCUT2D eigenvalue weighted by Gasteiger charge is 2.26. The zero-order valence-electron chi connectivity index (χ0n) is 17.4. The fraction of sp³-hybridized carbons (Fsp3) is 0.375. The first kappa shape index (κ1) is 20.4. The van der Waals surface area contributed by atoms with E-state index in [1.54, 1.807) is 6.07 Å². The lowest BCUT2D eigenvalue weighted by molar-refractivity contribution is 0.00428. The van der Waals surface area contributed by atoms with Crippen LogP contribution in [0, 0.1) is 12.7 Å². The fourth-order valence-corrected chi connectivity index (χ4v) is 3.98. The molecule has 1 aliphatic heterocycles. The lowest BCUT2D eigenvalue weighted by Crippen LogP contribution is -2.46. The zero-order valence-corrected chi connectivity index (χ0v) is 17.4. The summed E-state index contributed by atoms with van der Waals surface area (Å²) in [4.78, 5) is 14.5. The first-order valence-electron chi connectivity index (χ1n) is 10.4. The van der Waals surface area contributed by atoms with Gasteiger partial charge in [-0.1, -0.05) is 30.3 Å². The van der Waals surface area contributed by atoms with E-state index < -0.39 is 0 Å². The molecule has 1 aliphatic rings. The summed E-state index contributed by atoms with van der Waals surface area (Å²) < 4.78 is 25.4. The minimum atomic E-state index is -0.306. The normalized spacial score (nSPS) is 16.0. The number of halogens is 1. The van der Waals surface area contributed by atoms with Gasteiger partial charge in [-0.25, -0.2) is 9.18 Å². The number of fused-ring (bicyclic) bond motifs is 1. The standard InChI is InChI=1S/C24H27FN2O3/c1-16-21-14-19(25)8-9-22(21)30-23(16)17(2)26-24(28)27-12-10-20(11-13-27)29-15-18-6-4-3-5-7-18/h3-9,14,17,20H,10-13,15H2,1-2H3,(H,26,28). The minimum Gasteiger partial charge on any atom is -0.459 e. The van der Waals surface area contributed by atoms with E-state index in [0.717, 1.165) is 29.4 Å². The molecule has 6 heteroatoms. The van der Waals surface area contributed by atoms with Crippen molar-refractivity contribution in [2.45, 2.75) is 45.4 Å². The number of furan rings is 1. The number of piperidine rings is 1. The number of hydrogen-bond acceptors (Lipinski definition) is 3. The highest BCUT2D eigenvalue weighted by atomic mass is 19.1. The van der Waals surface area contributed by atoms with Crippen molar-refractivity contribution in [1.29, 1.82) is 0 Å². The summed E-state index contributed by atoms with van der Waals surface area (Å²) >= 11 is 0. The predicted molar refractivity (Wildman–Crippen MR) is 114 cm³/mol. The van der Waals surface area contributed by atoms with Crippen molar-refractivity contribution in [2.24, 2.45) is 0 Å². The van der Waals surface area contributed by atoms with Gasteiger partial charge in [0.05, 0.1) is 18.8 Å². The summed E-state index contributed by atoms with van der Waals surface area (Å²) in [5.41, 5.74) is 2.64. The number of amides is 2. The van der Waals surface area contributed by atoms with Crippen molar-refractivity contribution in [2.75, 3.05) is 13.1 Å². The molecule has 0 radical (unpaired) electrons. The van der Waals surface area contributed by atoms with Crippen LogP contribution in [0.2, 0.25) is 0 Å². The summed E-state index contributed by atoms with van der Waals surface area (Å²) in [5, 5.41) is 3.75.